The second-order valence-electron chi connectivity index (χ2n) is 9.36. The Balaban J connectivity index is 1.34. The van der Waals surface area contributed by atoms with Crippen LogP contribution in [0.1, 0.15) is 60.2 Å². The molecule has 156 valence electrons. The van der Waals surface area contributed by atoms with Crippen molar-refractivity contribution >= 4 is 16.9 Å². The number of benzene rings is 2. The van der Waals surface area contributed by atoms with E-state index in [0.29, 0.717) is 23.9 Å². The van der Waals surface area contributed by atoms with Crippen molar-refractivity contribution < 1.29 is 14.3 Å². The highest BCUT2D eigenvalue weighted by atomic mass is 16.3. The average Bonchev–Trinajstić information content (AvgIpc) is 3.18. The normalized spacial score (nSPS) is 25.1. The summed E-state index contributed by atoms with van der Waals surface area (Å²) in [5.74, 6) is 1.21. The summed E-state index contributed by atoms with van der Waals surface area (Å²) < 4.78 is 5.38. The number of rotatable bonds is 4. The molecule has 2 bridgehead atoms. The van der Waals surface area contributed by atoms with Gasteiger partial charge in [0.2, 0.25) is 0 Å². The highest BCUT2D eigenvalue weighted by molar-refractivity contribution is 5.97. The van der Waals surface area contributed by atoms with E-state index in [4.69, 9.17) is 4.42 Å². The van der Waals surface area contributed by atoms with E-state index >= 15 is 0 Å². The second-order valence-corrected chi connectivity index (χ2v) is 9.36. The third kappa shape index (κ3) is 3.01. The molecule has 5 rings (SSSR count). The fraction of sp³-hybridized carbons (Fsp3) is 0.423. The maximum atomic E-state index is 12.9. The van der Waals surface area contributed by atoms with E-state index in [9.17, 15) is 9.90 Å². The summed E-state index contributed by atoms with van der Waals surface area (Å²) in [5.41, 5.74) is 4.61. The van der Waals surface area contributed by atoms with E-state index in [1.54, 1.807) is 12.3 Å². The SMILES string of the molecule is C[C@H]1[C@@H]2CCC[C@@]1(C)c1c(ccc(C(=O)NCCc3ccc4occc4c3)c1O)C2. The minimum absolute atomic E-state index is 0.0448. The molecule has 3 aromatic rings. The second kappa shape index (κ2) is 7.19. The monoisotopic (exact) mass is 403 g/mol. The highest BCUT2D eigenvalue weighted by Gasteiger charge is 2.47. The Morgan fingerprint density at radius 1 is 1.27 bits per heavy atom. The number of hydrogen-bond donors (Lipinski definition) is 2. The van der Waals surface area contributed by atoms with Gasteiger partial charge in [0.05, 0.1) is 11.8 Å². The molecule has 0 spiro atoms. The maximum absolute atomic E-state index is 12.9. The minimum Gasteiger partial charge on any atom is -0.507 e. The molecule has 4 nitrogen and oxygen atoms in total. The molecule has 0 radical (unpaired) electrons. The molecule has 1 aromatic heterocycles. The van der Waals surface area contributed by atoms with Crippen LogP contribution in [0.25, 0.3) is 11.0 Å². The van der Waals surface area contributed by atoms with E-state index in [-0.39, 0.29) is 17.1 Å². The van der Waals surface area contributed by atoms with Crippen molar-refractivity contribution in [1.82, 2.24) is 5.32 Å². The van der Waals surface area contributed by atoms with Gasteiger partial charge in [-0.05, 0) is 78.3 Å². The summed E-state index contributed by atoms with van der Waals surface area (Å²) in [6, 6.07) is 11.9. The lowest BCUT2D eigenvalue weighted by Gasteiger charge is -2.50. The Kier molecular flexibility index (Phi) is 4.61. The topological polar surface area (TPSA) is 62.5 Å². The molecule has 2 aliphatic rings. The van der Waals surface area contributed by atoms with Gasteiger partial charge in [0.15, 0.2) is 0 Å². The number of nitrogens with one attached hydrogen (secondary N) is 1. The zero-order chi connectivity index (χ0) is 20.9. The van der Waals surface area contributed by atoms with E-state index in [1.807, 2.05) is 18.2 Å². The first-order valence-electron chi connectivity index (χ1n) is 11.1. The standard InChI is InChI=1S/C26H29NO3/c1-16-18-4-3-11-26(16,2)23-20(15-18)6-7-21(24(23)28)25(29)27-12-9-17-5-8-22-19(14-17)10-13-30-22/h5-8,10,13-14,16,18,28H,3-4,9,11-12,15H2,1-2H3,(H,27,29)/t16-,18+,26+/m0/s1. The van der Waals surface area contributed by atoms with Gasteiger partial charge >= 0.3 is 0 Å². The molecule has 1 amide bonds. The molecule has 0 aliphatic heterocycles. The molecule has 0 unspecified atom stereocenters. The lowest BCUT2D eigenvalue weighted by atomic mass is 9.54. The van der Waals surface area contributed by atoms with Gasteiger partial charge in [0, 0.05) is 17.5 Å². The molecule has 1 heterocycles. The van der Waals surface area contributed by atoms with Crippen molar-refractivity contribution in [3.63, 3.8) is 0 Å². The molecule has 30 heavy (non-hydrogen) atoms. The zero-order valence-corrected chi connectivity index (χ0v) is 17.7. The summed E-state index contributed by atoms with van der Waals surface area (Å²) >= 11 is 0. The number of aromatic hydroxyl groups is 1. The molecule has 1 saturated carbocycles. The zero-order valence-electron chi connectivity index (χ0n) is 17.7. The van der Waals surface area contributed by atoms with Crippen LogP contribution in [0.15, 0.2) is 47.1 Å². The van der Waals surface area contributed by atoms with Crippen LogP contribution in [0.4, 0.5) is 0 Å². The Morgan fingerprint density at radius 3 is 3.00 bits per heavy atom. The Hall–Kier alpha value is -2.75. The number of hydrogen-bond acceptors (Lipinski definition) is 3. The molecule has 4 heteroatoms. The smallest absolute Gasteiger partial charge is 0.255 e. The fourth-order valence-electron chi connectivity index (χ4n) is 5.85. The van der Waals surface area contributed by atoms with Gasteiger partial charge in [-0.1, -0.05) is 32.4 Å². The van der Waals surface area contributed by atoms with E-state index in [2.05, 4.69) is 31.3 Å². The van der Waals surface area contributed by atoms with Gasteiger partial charge < -0.3 is 14.8 Å². The number of fused-ring (bicyclic) bond motifs is 5. The first-order chi connectivity index (χ1) is 14.5. The number of furan rings is 1. The van der Waals surface area contributed by atoms with Crippen molar-refractivity contribution in [3.05, 3.63) is 64.9 Å². The van der Waals surface area contributed by atoms with Crippen LogP contribution in [0.5, 0.6) is 5.75 Å². The first-order valence-corrected chi connectivity index (χ1v) is 11.1. The van der Waals surface area contributed by atoms with Crippen LogP contribution in [-0.2, 0) is 18.3 Å². The number of carbonyl (C=O) groups is 1. The predicted molar refractivity (Wildman–Crippen MR) is 118 cm³/mol. The summed E-state index contributed by atoms with van der Waals surface area (Å²) in [7, 11) is 0. The lowest BCUT2D eigenvalue weighted by Crippen LogP contribution is -2.44. The van der Waals surface area contributed by atoms with Crippen LogP contribution in [-0.4, -0.2) is 17.6 Å². The third-order valence-electron chi connectivity index (χ3n) is 7.76. The Labute approximate surface area is 177 Å². The van der Waals surface area contributed by atoms with Crippen molar-refractivity contribution in [2.24, 2.45) is 11.8 Å². The number of amides is 1. The molecule has 2 N–H and O–H groups in total. The number of phenols is 1. The summed E-state index contributed by atoms with van der Waals surface area (Å²) in [4.78, 5) is 12.9. The van der Waals surface area contributed by atoms with Crippen molar-refractivity contribution in [3.8, 4) is 5.75 Å². The average molecular weight is 404 g/mol. The van der Waals surface area contributed by atoms with Crippen LogP contribution in [0.3, 0.4) is 0 Å². The van der Waals surface area contributed by atoms with Crippen molar-refractivity contribution in [2.45, 2.75) is 51.4 Å². The molecular formula is C26H29NO3. The molecule has 1 fully saturated rings. The predicted octanol–water partition coefficient (Wildman–Crippen LogP) is 5.36. The van der Waals surface area contributed by atoms with Gasteiger partial charge in [-0.3, -0.25) is 4.79 Å². The summed E-state index contributed by atoms with van der Waals surface area (Å²) in [6.07, 6.45) is 6.97. The first kappa shape index (κ1) is 19.2. The van der Waals surface area contributed by atoms with Crippen LogP contribution in [0, 0.1) is 11.8 Å². The molecular weight excluding hydrogens is 374 g/mol. The number of phenolic OH excluding ortho intramolecular Hbond substituents is 1. The van der Waals surface area contributed by atoms with Crippen LogP contribution < -0.4 is 5.32 Å². The molecule has 0 saturated heterocycles. The summed E-state index contributed by atoms with van der Waals surface area (Å²) in [6.45, 7) is 5.11. The Bertz CT molecular complexity index is 1110. The summed E-state index contributed by atoms with van der Waals surface area (Å²) in [5, 5.41) is 15.2. The molecule has 2 aromatic carbocycles. The largest absolute Gasteiger partial charge is 0.507 e. The van der Waals surface area contributed by atoms with Crippen LogP contribution in [0.2, 0.25) is 0 Å². The highest BCUT2D eigenvalue weighted by Crippen LogP contribution is 2.55. The minimum atomic E-state index is -0.200. The van der Waals surface area contributed by atoms with Crippen LogP contribution >= 0.6 is 0 Å². The van der Waals surface area contributed by atoms with Gasteiger partial charge in [-0.25, -0.2) is 0 Å². The van der Waals surface area contributed by atoms with Crippen molar-refractivity contribution in [1.29, 1.82) is 0 Å². The van der Waals surface area contributed by atoms with E-state index in [1.165, 1.54) is 18.4 Å². The van der Waals surface area contributed by atoms with E-state index in [0.717, 1.165) is 41.4 Å². The van der Waals surface area contributed by atoms with Gasteiger partial charge in [0.25, 0.3) is 5.91 Å². The van der Waals surface area contributed by atoms with Gasteiger partial charge in [-0.2, -0.15) is 0 Å². The third-order valence-corrected chi connectivity index (χ3v) is 7.76. The quantitative estimate of drug-likeness (QED) is 0.616. The molecule has 3 atom stereocenters. The molecule has 2 aliphatic carbocycles. The van der Waals surface area contributed by atoms with Gasteiger partial charge in [-0.15, -0.1) is 0 Å². The fourth-order valence-corrected chi connectivity index (χ4v) is 5.85. The van der Waals surface area contributed by atoms with Gasteiger partial charge in [0.1, 0.15) is 11.3 Å². The van der Waals surface area contributed by atoms with Crippen molar-refractivity contribution in [2.75, 3.05) is 6.54 Å². The number of carbonyl (C=O) groups excluding carboxylic acids is 1. The Morgan fingerprint density at radius 2 is 2.13 bits per heavy atom. The maximum Gasteiger partial charge on any atom is 0.255 e. The van der Waals surface area contributed by atoms with E-state index < -0.39 is 0 Å². The lowest BCUT2D eigenvalue weighted by molar-refractivity contribution is 0.0948.